The molecule has 0 saturated heterocycles. The Morgan fingerprint density at radius 2 is 2.00 bits per heavy atom. The summed E-state index contributed by atoms with van der Waals surface area (Å²) >= 11 is 1.19. The highest BCUT2D eigenvalue weighted by atomic mass is 32.2. The van der Waals surface area contributed by atoms with Crippen molar-refractivity contribution in [1.29, 1.82) is 0 Å². The summed E-state index contributed by atoms with van der Waals surface area (Å²) in [5, 5.41) is 3.98. The molecule has 5 heteroatoms. The van der Waals surface area contributed by atoms with Gasteiger partial charge >= 0.3 is 0 Å². The summed E-state index contributed by atoms with van der Waals surface area (Å²) in [6.45, 7) is 0. The zero-order valence-electron chi connectivity index (χ0n) is 7.51. The Hall–Kier alpha value is -1.07. The number of hydrogen-bond donors (Lipinski definition) is 0. The van der Waals surface area contributed by atoms with Crippen molar-refractivity contribution in [2.45, 2.75) is 4.21 Å². The van der Waals surface area contributed by atoms with Crippen LogP contribution in [-0.4, -0.2) is 20.1 Å². The van der Waals surface area contributed by atoms with Crippen molar-refractivity contribution in [3.8, 4) is 11.3 Å². The number of nitrogens with zero attached hydrogens (tertiary/aromatic N) is 2. The Morgan fingerprint density at radius 3 is 2.64 bits per heavy atom. The molecule has 2 rings (SSSR count). The van der Waals surface area contributed by atoms with E-state index in [1.54, 1.807) is 6.26 Å². The Bertz CT molecular complexity index is 453. The van der Waals surface area contributed by atoms with Crippen molar-refractivity contribution in [3.63, 3.8) is 0 Å². The monoisotopic (exact) mass is 224 g/mol. The minimum atomic E-state index is -1.02. The highest BCUT2D eigenvalue weighted by molar-refractivity contribution is 7.86. The lowest BCUT2D eigenvalue weighted by atomic mass is 10.2. The first-order chi connectivity index (χ1) is 6.79. The lowest BCUT2D eigenvalue weighted by molar-refractivity contribution is 0.688. The van der Waals surface area contributed by atoms with Gasteiger partial charge in [0.1, 0.15) is 9.90 Å². The van der Waals surface area contributed by atoms with Crippen LogP contribution >= 0.6 is 11.5 Å². The van der Waals surface area contributed by atoms with Gasteiger partial charge in [0.2, 0.25) is 0 Å². The molecule has 0 saturated carbocycles. The predicted octanol–water partition coefficient (Wildman–Crippen LogP) is 1.94. The van der Waals surface area contributed by atoms with Gasteiger partial charge in [0, 0.05) is 11.8 Å². The van der Waals surface area contributed by atoms with Crippen LogP contribution in [0.25, 0.3) is 11.3 Å². The van der Waals surface area contributed by atoms with Crippen LogP contribution in [-0.2, 0) is 10.8 Å². The van der Waals surface area contributed by atoms with E-state index in [1.807, 2.05) is 30.3 Å². The van der Waals surface area contributed by atoms with Gasteiger partial charge in [0.15, 0.2) is 0 Å². The standard InChI is InChI=1S/C9H8N2OS2/c1-14(12)9-8(10-11-13-9)7-5-3-2-4-6-7/h2-6H,1H3/t14-/m0/s1. The predicted molar refractivity (Wildman–Crippen MR) is 57.7 cm³/mol. The van der Waals surface area contributed by atoms with Crippen molar-refractivity contribution in [3.05, 3.63) is 30.3 Å². The molecule has 1 heterocycles. The number of rotatable bonds is 2. The molecule has 72 valence electrons. The molecule has 3 nitrogen and oxygen atoms in total. The molecule has 0 fully saturated rings. The average Bonchev–Trinajstić information content (AvgIpc) is 2.67. The van der Waals surface area contributed by atoms with E-state index in [9.17, 15) is 4.21 Å². The van der Waals surface area contributed by atoms with Crippen molar-refractivity contribution in [1.82, 2.24) is 9.59 Å². The summed E-state index contributed by atoms with van der Waals surface area (Å²) in [7, 11) is -1.02. The molecule has 0 bridgehead atoms. The molecular weight excluding hydrogens is 216 g/mol. The molecule has 14 heavy (non-hydrogen) atoms. The smallest absolute Gasteiger partial charge is 0.140 e. The minimum absolute atomic E-state index is 0.733. The first-order valence-electron chi connectivity index (χ1n) is 4.00. The van der Waals surface area contributed by atoms with Gasteiger partial charge in [-0.25, -0.2) is 0 Å². The average molecular weight is 224 g/mol. The molecule has 1 aromatic carbocycles. The Morgan fingerprint density at radius 1 is 1.29 bits per heavy atom. The molecular formula is C9H8N2OS2. The molecule has 0 amide bonds. The van der Waals surface area contributed by atoms with Gasteiger partial charge in [-0.15, -0.1) is 5.10 Å². The van der Waals surface area contributed by atoms with Crippen molar-refractivity contribution < 1.29 is 4.21 Å². The maximum atomic E-state index is 11.3. The summed E-state index contributed by atoms with van der Waals surface area (Å²) in [6, 6.07) is 9.67. The Kier molecular flexibility index (Phi) is 2.69. The number of aromatic nitrogens is 2. The maximum absolute atomic E-state index is 11.3. The first kappa shape index (κ1) is 9.48. The van der Waals surface area contributed by atoms with Crippen LogP contribution in [0.3, 0.4) is 0 Å². The Balaban J connectivity index is 2.52. The second-order valence-corrected chi connectivity index (χ2v) is 5.06. The second-order valence-electron chi connectivity index (χ2n) is 2.73. The largest absolute Gasteiger partial charge is 0.254 e. The molecule has 0 aliphatic rings. The third-order valence-corrected chi connectivity index (χ3v) is 3.93. The van der Waals surface area contributed by atoms with Crippen LogP contribution < -0.4 is 0 Å². The van der Waals surface area contributed by atoms with Crippen LogP contribution in [0.4, 0.5) is 0 Å². The van der Waals surface area contributed by atoms with E-state index in [0.29, 0.717) is 0 Å². The van der Waals surface area contributed by atoms with Crippen LogP contribution in [0, 0.1) is 0 Å². The summed E-state index contributed by atoms with van der Waals surface area (Å²) in [4.78, 5) is 0. The highest BCUT2D eigenvalue weighted by Gasteiger charge is 2.12. The van der Waals surface area contributed by atoms with E-state index >= 15 is 0 Å². The fraction of sp³-hybridized carbons (Fsp3) is 0.111. The van der Waals surface area contributed by atoms with Gasteiger partial charge in [-0.3, -0.25) is 4.21 Å². The lowest BCUT2D eigenvalue weighted by Gasteiger charge is -1.96. The Labute approximate surface area is 88.4 Å². The van der Waals surface area contributed by atoms with Gasteiger partial charge in [-0.2, -0.15) is 0 Å². The molecule has 1 atom stereocenters. The normalized spacial score (nSPS) is 12.6. The van der Waals surface area contributed by atoms with E-state index in [0.717, 1.165) is 15.5 Å². The van der Waals surface area contributed by atoms with Crippen LogP contribution in [0.2, 0.25) is 0 Å². The fourth-order valence-corrected chi connectivity index (χ4v) is 2.54. The fourth-order valence-electron chi connectivity index (χ4n) is 1.14. The van der Waals surface area contributed by atoms with Gasteiger partial charge in [0.25, 0.3) is 0 Å². The van der Waals surface area contributed by atoms with Crippen molar-refractivity contribution >= 4 is 22.3 Å². The zero-order chi connectivity index (χ0) is 9.97. The van der Waals surface area contributed by atoms with E-state index < -0.39 is 10.8 Å². The molecule has 0 spiro atoms. The minimum Gasteiger partial charge on any atom is -0.254 e. The van der Waals surface area contributed by atoms with Gasteiger partial charge in [-0.1, -0.05) is 34.8 Å². The molecule has 0 N–H and O–H groups in total. The van der Waals surface area contributed by atoms with Crippen LogP contribution in [0.1, 0.15) is 0 Å². The van der Waals surface area contributed by atoms with Crippen LogP contribution in [0.15, 0.2) is 34.5 Å². The third kappa shape index (κ3) is 1.73. The van der Waals surface area contributed by atoms with Gasteiger partial charge in [-0.05, 0) is 11.5 Å². The molecule has 0 aliphatic carbocycles. The number of hydrogen-bond acceptors (Lipinski definition) is 4. The molecule has 2 aromatic rings. The SMILES string of the molecule is C[S@](=O)c1snnc1-c1ccccc1. The van der Waals surface area contributed by atoms with E-state index in [1.165, 1.54) is 11.5 Å². The number of benzene rings is 1. The van der Waals surface area contributed by atoms with Crippen molar-refractivity contribution in [2.75, 3.05) is 6.26 Å². The topological polar surface area (TPSA) is 42.9 Å². The van der Waals surface area contributed by atoms with Crippen LogP contribution in [0.5, 0.6) is 0 Å². The van der Waals surface area contributed by atoms with Gasteiger partial charge < -0.3 is 0 Å². The van der Waals surface area contributed by atoms with E-state index in [-0.39, 0.29) is 0 Å². The summed E-state index contributed by atoms with van der Waals surface area (Å²) < 4.78 is 15.9. The molecule has 0 aliphatic heterocycles. The quantitative estimate of drug-likeness (QED) is 0.783. The zero-order valence-corrected chi connectivity index (χ0v) is 9.14. The summed E-state index contributed by atoms with van der Waals surface area (Å²) in [6.07, 6.45) is 1.64. The maximum Gasteiger partial charge on any atom is 0.140 e. The van der Waals surface area contributed by atoms with Gasteiger partial charge in [0.05, 0.1) is 10.8 Å². The second kappa shape index (κ2) is 3.98. The third-order valence-electron chi connectivity index (χ3n) is 1.77. The molecule has 0 radical (unpaired) electrons. The molecule has 0 unspecified atom stereocenters. The summed E-state index contributed by atoms with van der Waals surface area (Å²) in [5.74, 6) is 0. The first-order valence-corrected chi connectivity index (χ1v) is 6.33. The molecule has 1 aromatic heterocycles. The highest BCUT2D eigenvalue weighted by Crippen LogP contribution is 2.25. The van der Waals surface area contributed by atoms with Crippen molar-refractivity contribution in [2.24, 2.45) is 0 Å². The lowest BCUT2D eigenvalue weighted by Crippen LogP contribution is -1.87. The summed E-state index contributed by atoms with van der Waals surface area (Å²) in [5.41, 5.74) is 1.70. The van der Waals surface area contributed by atoms with E-state index in [2.05, 4.69) is 9.59 Å². The van der Waals surface area contributed by atoms with E-state index in [4.69, 9.17) is 0 Å².